The fourth-order valence-corrected chi connectivity index (χ4v) is 1.84. The van der Waals surface area contributed by atoms with Crippen LogP contribution in [0.3, 0.4) is 0 Å². The van der Waals surface area contributed by atoms with Gasteiger partial charge in [-0.1, -0.05) is 0 Å². The second-order valence-corrected chi connectivity index (χ2v) is 3.87. The summed E-state index contributed by atoms with van der Waals surface area (Å²) in [5.74, 6) is 1.02. The van der Waals surface area contributed by atoms with Gasteiger partial charge in [-0.2, -0.15) is 0 Å². The fourth-order valence-electron chi connectivity index (χ4n) is 1.84. The van der Waals surface area contributed by atoms with Crippen LogP contribution < -0.4 is 5.73 Å². The van der Waals surface area contributed by atoms with E-state index in [1.165, 1.54) is 0 Å². The molecule has 0 aliphatic carbocycles. The van der Waals surface area contributed by atoms with Crippen molar-refractivity contribution in [3.63, 3.8) is 0 Å². The van der Waals surface area contributed by atoms with Crippen LogP contribution in [-0.4, -0.2) is 19.1 Å². The summed E-state index contributed by atoms with van der Waals surface area (Å²) >= 11 is 0. The van der Waals surface area contributed by atoms with Crippen LogP contribution in [0.4, 0.5) is 0 Å². The summed E-state index contributed by atoms with van der Waals surface area (Å²) in [7, 11) is 1.95. The number of rotatable bonds is 4. The highest BCUT2D eigenvalue weighted by Crippen LogP contribution is 2.13. The number of aryl methyl sites for hydroxylation is 2. The molecule has 2 heterocycles. The molecule has 1 unspecified atom stereocenters. The molecule has 2 aromatic heterocycles. The summed E-state index contributed by atoms with van der Waals surface area (Å²) in [6.07, 6.45) is 8.10. The maximum absolute atomic E-state index is 6.14. The average molecular weight is 219 g/mol. The second-order valence-electron chi connectivity index (χ2n) is 3.87. The Bertz CT molecular complexity index is 456. The Labute approximate surface area is 94.9 Å². The van der Waals surface area contributed by atoms with Gasteiger partial charge in [-0.05, 0) is 6.92 Å². The van der Waals surface area contributed by atoms with Crippen molar-refractivity contribution in [3.8, 4) is 0 Å². The summed E-state index contributed by atoms with van der Waals surface area (Å²) < 4.78 is 4.06. The Kier molecular flexibility index (Phi) is 3.05. The summed E-state index contributed by atoms with van der Waals surface area (Å²) in [4.78, 5) is 8.39. The Morgan fingerprint density at radius 3 is 2.94 bits per heavy atom. The van der Waals surface area contributed by atoms with Gasteiger partial charge < -0.3 is 14.9 Å². The molecular formula is C11H17N5. The molecule has 5 heteroatoms. The maximum Gasteiger partial charge on any atom is 0.110 e. The van der Waals surface area contributed by atoms with Crippen molar-refractivity contribution >= 4 is 0 Å². The predicted octanol–water partition coefficient (Wildman–Crippen LogP) is 0.879. The van der Waals surface area contributed by atoms with Crippen molar-refractivity contribution in [3.05, 3.63) is 36.4 Å². The summed E-state index contributed by atoms with van der Waals surface area (Å²) in [5, 5.41) is 0. The third-order valence-electron chi connectivity index (χ3n) is 2.78. The molecule has 0 fully saturated rings. The average Bonchev–Trinajstić information content (AvgIpc) is 2.86. The van der Waals surface area contributed by atoms with Crippen LogP contribution in [0.2, 0.25) is 0 Å². The van der Waals surface area contributed by atoms with E-state index in [1.807, 2.05) is 30.2 Å². The fraction of sp³-hybridized carbons (Fsp3) is 0.455. The van der Waals surface area contributed by atoms with Crippen LogP contribution in [-0.2, 0) is 20.0 Å². The number of nitrogens with two attached hydrogens (primary N) is 1. The smallest absolute Gasteiger partial charge is 0.110 e. The minimum absolute atomic E-state index is 0.0554. The normalized spacial score (nSPS) is 12.9. The summed E-state index contributed by atoms with van der Waals surface area (Å²) in [6, 6.07) is -0.0554. The molecule has 0 aromatic carbocycles. The van der Waals surface area contributed by atoms with Gasteiger partial charge in [-0.3, -0.25) is 0 Å². The standard InChI is InChI=1S/C11H17N5/c1-3-16-5-4-14-11(16)6-9(12)10-7-13-8-15(10)2/h4-5,7-9H,3,6,12H2,1-2H3. The molecule has 0 radical (unpaired) electrons. The van der Waals surface area contributed by atoms with Crippen molar-refractivity contribution < 1.29 is 0 Å². The van der Waals surface area contributed by atoms with E-state index >= 15 is 0 Å². The third-order valence-corrected chi connectivity index (χ3v) is 2.78. The van der Waals surface area contributed by atoms with E-state index in [1.54, 1.807) is 6.33 Å². The Hall–Kier alpha value is -1.62. The zero-order valence-corrected chi connectivity index (χ0v) is 9.67. The van der Waals surface area contributed by atoms with E-state index in [0.717, 1.165) is 24.5 Å². The number of aromatic nitrogens is 4. The summed E-state index contributed by atoms with van der Waals surface area (Å²) in [5.41, 5.74) is 7.17. The topological polar surface area (TPSA) is 61.7 Å². The van der Waals surface area contributed by atoms with Gasteiger partial charge in [-0.25, -0.2) is 9.97 Å². The van der Waals surface area contributed by atoms with E-state index in [9.17, 15) is 0 Å². The number of hydrogen-bond donors (Lipinski definition) is 1. The highest BCUT2D eigenvalue weighted by molar-refractivity contribution is 5.08. The van der Waals surface area contributed by atoms with Gasteiger partial charge in [0, 0.05) is 38.6 Å². The molecule has 0 bridgehead atoms. The van der Waals surface area contributed by atoms with Crippen LogP contribution >= 0.6 is 0 Å². The monoisotopic (exact) mass is 219 g/mol. The molecule has 16 heavy (non-hydrogen) atoms. The Balaban J connectivity index is 2.13. The largest absolute Gasteiger partial charge is 0.336 e. The molecular weight excluding hydrogens is 202 g/mol. The van der Waals surface area contributed by atoms with Crippen LogP contribution in [0.25, 0.3) is 0 Å². The minimum atomic E-state index is -0.0554. The molecule has 86 valence electrons. The first-order chi connectivity index (χ1) is 7.72. The lowest BCUT2D eigenvalue weighted by molar-refractivity contribution is 0.600. The number of hydrogen-bond acceptors (Lipinski definition) is 3. The minimum Gasteiger partial charge on any atom is -0.336 e. The zero-order chi connectivity index (χ0) is 11.5. The second kappa shape index (κ2) is 4.49. The first kappa shape index (κ1) is 10.9. The van der Waals surface area contributed by atoms with Crippen LogP contribution in [0.1, 0.15) is 24.5 Å². The summed E-state index contributed by atoms with van der Waals surface area (Å²) in [6.45, 7) is 3.02. The van der Waals surface area contributed by atoms with E-state index < -0.39 is 0 Å². The van der Waals surface area contributed by atoms with Gasteiger partial charge in [-0.15, -0.1) is 0 Å². The van der Waals surface area contributed by atoms with Crippen molar-refractivity contribution in [2.75, 3.05) is 0 Å². The predicted molar refractivity (Wildman–Crippen MR) is 61.7 cm³/mol. The SMILES string of the molecule is CCn1ccnc1CC(N)c1cncn1C. The van der Waals surface area contributed by atoms with Gasteiger partial charge in [0.25, 0.3) is 0 Å². The van der Waals surface area contributed by atoms with E-state index in [0.29, 0.717) is 0 Å². The van der Waals surface area contributed by atoms with Gasteiger partial charge in [0.15, 0.2) is 0 Å². The van der Waals surface area contributed by atoms with Crippen molar-refractivity contribution in [2.24, 2.45) is 12.8 Å². The Morgan fingerprint density at radius 2 is 2.31 bits per heavy atom. The molecule has 0 amide bonds. The first-order valence-corrected chi connectivity index (χ1v) is 5.44. The van der Waals surface area contributed by atoms with Gasteiger partial charge in [0.05, 0.1) is 18.1 Å². The molecule has 2 N–H and O–H groups in total. The third kappa shape index (κ3) is 1.99. The zero-order valence-electron chi connectivity index (χ0n) is 9.67. The van der Waals surface area contributed by atoms with Crippen molar-refractivity contribution in [2.45, 2.75) is 25.9 Å². The lowest BCUT2D eigenvalue weighted by Crippen LogP contribution is -2.18. The van der Waals surface area contributed by atoms with Crippen LogP contribution in [0, 0.1) is 0 Å². The van der Waals surface area contributed by atoms with E-state index in [-0.39, 0.29) is 6.04 Å². The highest BCUT2D eigenvalue weighted by Gasteiger charge is 2.13. The number of nitrogens with zero attached hydrogens (tertiary/aromatic N) is 4. The molecule has 0 aliphatic heterocycles. The molecule has 2 rings (SSSR count). The molecule has 0 saturated heterocycles. The quantitative estimate of drug-likeness (QED) is 0.830. The highest BCUT2D eigenvalue weighted by atomic mass is 15.1. The van der Waals surface area contributed by atoms with Crippen molar-refractivity contribution in [1.29, 1.82) is 0 Å². The maximum atomic E-state index is 6.14. The Morgan fingerprint density at radius 1 is 1.50 bits per heavy atom. The first-order valence-electron chi connectivity index (χ1n) is 5.44. The lowest BCUT2D eigenvalue weighted by Gasteiger charge is -2.12. The van der Waals surface area contributed by atoms with Crippen LogP contribution in [0.15, 0.2) is 24.9 Å². The number of imidazole rings is 2. The molecule has 0 spiro atoms. The lowest BCUT2D eigenvalue weighted by atomic mass is 10.1. The van der Waals surface area contributed by atoms with Crippen molar-refractivity contribution in [1.82, 2.24) is 19.1 Å². The van der Waals surface area contributed by atoms with E-state index in [4.69, 9.17) is 5.73 Å². The van der Waals surface area contributed by atoms with Crippen LogP contribution in [0.5, 0.6) is 0 Å². The van der Waals surface area contributed by atoms with Gasteiger partial charge in [0.1, 0.15) is 5.82 Å². The molecule has 5 nitrogen and oxygen atoms in total. The molecule has 0 saturated carbocycles. The van der Waals surface area contributed by atoms with E-state index in [2.05, 4.69) is 21.5 Å². The molecule has 2 aromatic rings. The molecule has 0 aliphatic rings. The van der Waals surface area contributed by atoms with Gasteiger partial charge in [0.2, 0.25) is 0 Å². The van der Waals surface area contributed by atoms with Gasteiger partial charge >= 0.3 is 0 Å². The molecule has 1 atom stereocenters.